The van der Waals surface area contributed by atoms with Crippen molar-refractivity contribution >= 4 is 11.9 Å². The molecule has 3 saturated carbocycles. The Kier molecular flexibility index (Phi) is 12.1. The topological polar surface area (TPSA) is 104 Å². The summed E-state index contributed by atoms with van der Waals surface area (Å²) in [6, 6.07) is 18.4. The molecule has 1 amide bonds. The lowest BCUT2D eigenvalue weighted by Gasteiger charge is -2.59. The van der Waals surface area contributed by atoms with Gasteiger partial charge in [-0.2, -0.15) is 5.06 Å². The SMILES string of the molecule is CCO[C@@H]1[C@H](COCC(=O)O)ON(Cc2cccc(CN(CCN(C)C)Cc3ccccc3)c2)[C@@H]1C(=O)NC1C[C@@H]2C[C@H](C1)C2(C)C. The highest BCUT2D eigenvalue weighted by atomic mass is 16.7. The number of hydrogen-bond donors (Lipinski definition) is 2. The van der Waals surface area contributed by atoms with Crippen molar-refractivity contribution < 1.29 is 29.0 Å². The number of ether oxygens (including phenoxy) is 2. The number of nitrogens with zero attached hydrogens (tertiary/aromatic N) is 3. The molecule has 0 spiro atoms. The van der Waals surface area contributed by atoms with E-state index in [1.807, 2.05) is 13.0 Å². The summed E-state index contributed by atoms with van der Waals surface area (Å²) in [5.41, 5.74) is 3.83. The molecular weight excluding hydrogens is 596 g/mol. The van der Waals surface area contributed by atoms with Crippen LogP contribution >= 0.6 is 0 Å². The van der Waals surface area contributed by atoms with Crippen molar-refractivity contribution in [3.05, 3.63) is 71.3 Å². The van der Waals surface area contributed by atoms with Crippen molar-refractivity contribution in [1.29, 1.82) is 0 Å². The summed E-state index contributed by atoms with van der Waals surface area (Å²) >= 11 is 0. The minimum Gasteiger partial charge on any atom is -0.480 e. The molecule has 2 aromatic rings. The predicted octanol–water partition coefficient (Wildman–Crippen LogP) is 4.18. The van der Waals surface area contributed by atoms with Gasteiger partial charge in [0.15, 0.2) is 0 Å². The molecule has 0 radical (unpaired) electrons. The fourth-order valence-electron chi connectivity index (χ4n) is 7.63. The predicted molar refractivity (Wildman–Crippen MR) is 180 cm³/mol. The molecule has 1 unspecified atom stereocenters. The van der Waals surface area contributed by atoms with Gasteiger partial charge in [0, 0.05) is 38.8 Å². The molecule has 258 valence electrons. The number of hydrogen-bond acceptors (Lipinski definition) is 8. The van der Waals surface area contributed by atoms with Crippen LogP contribution in [0, 0.1) is 17.3 Å². The molecule has 1 heterocycles. The molecule has 2 N–H and O–H groups in total. The smallest absolute Gasteiger partial charge is 0.329 e. The van der Waals surface area contributed by atoms with Crippen LogP contribution < -0.4 is 5.32 Å². The number of carboxylic acids is 1. The first-order valence-corrected chi connectivity index (χ1v) is 17.2. The van der Waals surface area contributed by atoms with E-state index in [4.69, 9.17) is 19.4 Å². The van der Waals surface area contributed by atoms with E-state index in [2.05, 4.69) is 91.6 Å². The van der Waals surface area contributed by atoms with Gasteiger partial charge in [-0.1, -0.05) is 68.4 Å². The number of carbonyl (C=O) groups is 2. The van der Waals surface area contributed by atoms with Gasteiger partial charge in [0.25, 0.3) is 0 Å². The first-order chi connectivity index (χ1) is 22.5. The van der Waals surface area contributed by atoms with Crippen LogP contribution in [0.15, 0.2) is 54.6 Å². The molecular formula is C37H54N4O6. The number of amides is 1. The lowest BCUT2D eigenvalue weighted by molar-refractivity contribution is -0.187. The van der Waals surface area contributed by atoms with Crippen molar-refractivity contribution in [2.45, 2.75) is 84.0 Å². The number of aliphatic carboxylic acids is 1. The molecule has 6 rings (SSSR count). The van der Waals surface area contributed by atoms with E-state index in [0.717, 1.165) is 44.6 Å². The second-order valence-electron chi connectivity index (χ2n) is 14.4. The molecule has 47 heavy (non-hydrogen) atoms. The van der Waals surface area contributed by atoms with Gasteiger partial charge in [-0.25, -0.2) is 4.79 Å². The highest BCUT2D eigenvalue weighted by Gasteiger charge is 2.54. The summed E-state index contributed by atoms with van der Waals surface area (Å²) in [6.07, 6.45) is 2.01. The van der Waals surface area contributed by atoms with Gasteiger partial charge < -0.3 is 24.8 Å². The van der Waals surface area contributed by atoms with Gasteiger partial charge in [-0.3, -0.25) is 14.5 Å². The number of nitrogens with one attached hydrogen (secondary N) is 1. The minimum atomic E-state index is -1.05. The van der Waals surface area contributed by atoms with Crippen molar-refractivity contribution in [3.63, 3.8) is 0 Å². The summed E-state index contributed by atoms with van der Waals surface area (Å²) in [5.74, 6) is 0.0975. The number of rotatable bonds is 17. The Hall–Kier alpha value is -2.86. The molecule has 3 aliphatic carbocycles. The van der Waals surface area contributed by atoms with Gasteiger partial charge in [-0.05, 0) is 74.2 Å². The van der Waals surface area contributed by atoms with Crippen molar-refractivity contribution in [2.24, 2.45) is 17.3 Å². The van der Waals surface area contributed by atoms with Crippen molar-refractivity contribution in [2.75, 3.05) is 47.0 Å². The van der Waals surface area contributed by atoms with Crippen LogP contribution in [-0.2, 0) is 43.5 Å². The zero-order valence-electron chi connectivity index (χ0n) is 28.8. The third kappa shape index (κ3) is 9.19. The minimum absolute atomic E-state index is 0.0133. The Balaban J connectivity index is 1.31. The first-order valence-electron chi connectivity index (χ1n) is 17.2. The zero-order chi connectivity index (χ0) is 33.6. The number of fused-ring (bicyclic) bond motifs is 2. The fourth-order valence-corrected chi connectivity index (χ4v) is 7.63. The van der Waals surface area contributed by atoms with Gasteiger partial charge in [0.05, 0.1) is 13.2 Å². The van der Waals surface area contributed by atoms with E-state index in [1.165, 1.54) is 17.5 Å². The number of likely N-dealkylation sites (N-methyl/N-ethyl adjacent to an activating group) is 1. The van der Waals surface area contributed by atoms with Crippen molar-refractivity contribution in [1.82, 2.24) is 20.2 Å². The van der Waals surface area contributed by atoms with Crippen LogP contribution in [0.3, 0.4) is 0 Å². The maximum atomic E-state index is 14.1. The molecule has 2 bridgehead atoms. The quantitative estimate of drug-likeness (QED) is 0.261. The van der Waals surface area contributed by atoms with Crippen LogP contribution in [0.5, 0.6) is 0 Å². The van der Waals surface area contributed by atoms with E-state index >= 15 is 0 Å². The lowest BCUT2D eigenvalue weighted by Crippen LogP contribution is -2.58. The van der Waals surface area contributed by atoms with Gasteiger partial charge in [0.1, 0.15) is 24.9 Å². The van der Waals surface area contributed by atoms with E-state index in [1.54, 1.807) is 5.06 Å². The molecule has 0 aromatic heterocycles. The molecule has 4 fully saturated rings. The van der Waals surface area contributed by atoms with Gasteiger partial charge in [0.2, 0.25) is 5.91 Å². The number of carbonyl (C=O) groups excluding carboxylic acids is 1. The van der Waals surface area contributed by atoms with E-state index in [-0.39, 0.29) is 18.6 Å². The Morgan fingerprint density at radius 1 is 0.979 bits per heavy atom. The van der Waals surface area contributed by atoms with Crippen molar-refractivity contribution in [3.8, 4) is 0 Å². The third-order valence-electron chi connectivity index (χ3n) is 10.4. The molecule has 6 atom stereocenters. The Morgan fingerprint density at radius 3 is 2.32 bits per heavy atom. The Bertz CT molecular complexity index is 1310. The second-order valence-corrected chi connectivity index (χ2v) is 14.4. The number of benzene rings is 2. The van der Waals surface area contributed by atoms with Gasteiger partial charge >= 0.3 is 5.97 Å². The number of hydroxylamine groups is 2. The largest absolute Gasteiger partial charge is 0.480 e. The van der Waals surface area contributed by atoms with Gasteiger partial charge in [-0.15, -0.1) is 0 Å². The molecule has 10 heteroatoms. The van der Waals surface area contributed by atoms with E-state index < -0.39 is 30.8 Å². The molecule has 10 nitrogen and oxygen atoms in total. The fraction of sp³-hybridized carbons (Fsp3) is 0.622. The van der Waals surface area contributed by atoms with Crippen LogP contribution in [0.2, 0.25) is 0 Å². The summed E-state index contributed by atoms with van der Waals surface area (Å²) in [7, 11) is 4.19. The number of carboxylic acid groups (broad SMARTS) is 1. The van der Waals surface area contributed by atoms with Crippen LogP contribution in [0.25, 0.3) is 0 Å². The summed E-state index contributed by atoms with van der Waals surface area (Å²) in [4.78, 5) is 36.3. The maximum Gasteiger partial charge on any atom is 0.329 e. The van der Waals surface area contributed by atoms with Crippen LogP contribution in [0.1, 0.15) is 56.7 Å². The standard InChI is InChI=1S/C37H54N4O6/c1-6-46-35-32(24-45-25-33(42)43)47-41(34(35)36(44)38-31-19-29-18-30(20-31)37(29,2)3)23-28-14-10-13-27(17-28)22-40(16-15-39(4)5)21-26-11-8-7-9-12-26/h7-14,17,29-32,34-35H,6,15-16,18-25H2,1-5H3,(H,38,44)(H,42,43)/t29-,30+,31?,32-,34-,35+/m0/s1. The van der Waals surface area contributed by atoms with Crippen LogP contribution in [0.4, 0.5) is 0 Å². The normalized spacial score (nSPS) is 26.8. The molecule has 1 aliphatic heterocycles. The first kappa shape index (κ1) is 35.4. The Morgan fingerprint density at radius 2 is 1.66 bits per heavy atom. The average Bonchev–Trinajstić information content (AvgIpc) is 3.36. The third-order valence-corrected chi connectivity index (χ3v) is 10.4. The summed E-state index contributed by atoms with van der Waals surface area (Å²) in [5, 5.41) is 14.2. The second kappa shape index (κ2) is 16.0. The average molecular weight is 651 g/mol. The Labute approximate surface area is 280 Å². The lowest BCUT2D eigenvalue weighted by atomic mass is 9.48. The maximum absolute atomic E-state index is 14.1. The zero-order valence-corrected chi connectivity index (χ0v) is 28.8. The monoisotopic (exact) mass is 650 g/mol. The molecule has 4 aliphatic rings. The highest BCUT2D eigenvalue weighted by Crippen LogP contribution is 2.59. The summed E-state index contributed by atoms with van der Waals surface area (Å²) < 4.78 is 11.6. The summed E-state index contributed by atoms with van der Waals surface area (Å²) in [6.45, 7) is 10.5. The molecule has 1 saturated heterocycles. The van der Waals surface area contributed by atoms with Crippen LogP contribution in [-0.4, -0.2) is 103 Å². The highest BCUT2D eigenvalue weighted by molar-refractivity contribution is 5.83. The van der Waals surface area contributed by atoms with E-state index in [9.17, 15) is 9.59 Å². The molecule has 2 aromatic carbocycles. The van der Waals surface area contributed by atoms with E-state index in [0.29, 0.717) is 30.4 Å².